The lowest BCUT2D eigenvalue weighted by Gasteiger charge is -2.11. The minimum absolute atomic E-state index is 0.362. The van der Waals surface area contributed by atoms with E-state index in [0.717, 1.165) is 12.1 Å². The van der Waals surface area contributed by atoms with Gasteiger partial charge in [0.25, 0.3) is 0 Å². The van der Waals surface area contributed by atoms with Crippen molar-refractivity contribution in [1.29, 1.82) is 0 Å². The number of hydrogen-bond donors (Lipinski definition) is 1. The fourth-order valence-electron chi connectivity index (χ4n) is 1.41. The molecule has 0 spiro atoms. The summed E-state index contributed by atoms with van der Waals surface area (Å²) < 4.78 is 11.9. The third-order valence-electron chi connectivity index (χ3n) is 2.40. The van der Waals surface area contributed by atoms with Crippen LogP contribution in [0.4, 0.5) is 0 Å². The van der Waals surface area contributed by atoms with Crippen molar-refractivity contribution in [1.82, 2.24) is 9.78 Å². The lowest BCUT2D eigenvalue weighted by molar-refractivity contribution is 0.0104. The average molecular weight is 228 g/mol. The van der Waals surface area contributed by atoms with Crippen LogP contribution in [0.1, 0.15) is 12.1 Å². The predicted molar refractivity (Wildman–Crippen MR) is 60.2 cm³/mol. The molecule has 0 aliphatic rings. The number of hydrogen-bond acceptors (Lipinski definition) is 4. The van der Waals surface area contributed by atoms with Gasteiger partial charge in [0, 0.05) is 26.0 Å². The Bertz CT molecular complexity index is 289. The molecule has 1 N–H and O–H groups in total. The summed E-state index contributed by atoms with van der Waals surface area (Å²) in [5.74, 6) is 0. The first-order chi connectivity index (χ1) is 7.74. The Labute approximate surface area is 96.0 Å². The van der Waals surface area contributed by atoms with Gasteiger partial charge in [-0.15, -0.1) is 0 Å². The Kier molecular flexibility index (Phi) is 6.07. The van der Waals surface area contributed by atoms with Gasteiger partial charge in [-0.1, -0.05) is 0 Å². The molecule has 1 heterocycles. The van der Waals surface area contributed by atoms with E-state index in [4.69, 9.17) is 9.47 Å². The van der Waals surface area contributed by atoms with Crippen molar-refractivity contribution in [2.45, 2.75) is 18.9 Å². The molecular formula is C11H20N2O3. The molecule has 0 radical (unpaired) electrons. The minimum Gasteiger partial charge on any atom is -0.391 e. The van der Waals surface area contributed by atoms with E-state index in [1.807, 2.05) is 17.8 Å². The molecule has 0 aromatic carbocycles. The van der Waals surface area contributed by atoms with Crippen molar-refractivity contribution in [3.8, 4) is 0 Å². The zero-order chi connectivity index (χ0) is 11.8. The van der Waals surface area contributed by atoms with Crippen molar-refractivity contribution >= 4 is 0 Å². The van der Waals surface area contributed by atoms with Crippen LogP contribution in [0.25, 0.3) is 0 Å². The average Bonchev–Trinajstić information content (AvgIpc) is 2.67. The van der Waals surface area contributed by atoms with Crippen molar-refractivity contribution in [3.05, 3.63) is 18.0 Å². The smallest absolute Gasteiger partial charge is 0.0777 e. The summed E-state index contributed by atoms with van der Waals surface area (Å²) in [6.45, 7) is 1.45. The molecule has 0 aliphatic carbocycles. The maximum atomic E-state index is 9.64. The van der Waals surface area contributed by atoms with Gasteiger partial charge in [0.15, 0.2) is 0 Å². The number of ether oxygens (including phenoxy) is 2. The zero-order valence-corrected chi connectivity index (χ0v) is 9.93. The molecular weight excluding hydrogens is 208 g/mol. The fraction of sp³-hybridized carbons (Fsp3) is 0.727. The molecule has 1 rings (SSSR count). The lowest BCUT2D eigenvalue weighted by atomic mass is 10.1. The first-order valence-corrected chi connectivity index (χ1v) is 5.45. The highest BCUT2D eigenvalue weighted by Crippen LogP contribution is 2.04. The highest BCUT2D eigenvalue weighted by Gasteiger charge is 2.06. The summed E-state index contributed by atoms with van der Waals surface area (Å²) in [7, 11) is 3.53. The van der Waals surface area contributed by atoms with Gasteiger partial charge in [-0.25, -0.2) is 0 Å². The number of methoxy groups -OCH3 is 1. The van der Waals surface area contributed by atoms with Crippen molar-refractivity contribution in [3.63, 3.8) is 0 Å². The maximum absolute atomic E-state index is 9.64. The monoisotopic (exact) mass is 228 g/mol. The van der Waals surface area contributed by atoms with Crippen LogP contribution in [0.15, 0.2) is 12.3 Å². The molecule has 0 saturated carbocycles. The molecule has 1 unspecified atom stereocenters. The number of aliphatic hydroxyl groups is 1. The summed E-state index contributed by atoms with van der Waals surface area (Å²) in [4.78, 5) is 0. The third-order valence-corrected chi connectivity index (χ3v) is 2.40. The number of aromatic nitrogens is 2. The quantitative estimate of drug-likeness (QED) is 0.653. The van der Waals surface area contributed by atoms with Crippen LogP contribution in [0.5, 0.6) is 0 Å². The Morgan fingerprint density at radius 2 is 2.31 bits per heavy atom. The van der Waals surface area contributed by atoms with Crippen LogP contribution in [-0.2, 0) is 22.9 Å². The molecule has 5 heteroatoms. The van der Waals surface area contributed by atoms with Gasteiger partial charge < -0.3 is 14.6 Å². The van der Waals surface area contributed by atoms with Crippen molar-refractivity contribution in [2.24, 2.45) is 7.05 Å². The predicted octanol–water partition coefficient (Wildman–Crippen LogP) is 0.377. The number of rotatable bonds is 8. The molecule has 1 aromatic rings. The number of aryl methyl sites for hydroxylation is 2. The molecule has 0 bridgehead atoms. The first-order valence-electron chi connectivity index (χ1n) is 5.45. The van der Waals surface area contributed by atoms with Gasteiger partial charge in [0.05, 0.1) is 25.9 Å². The molecule has 16 heavy (non-hydrogen) atoms. The van der Waals surface area contributed by atoms with E-state index < -0.39 is 6.10 Å². The van der Waals surface area contributed by atoms with Crippen LogP contribution in [0.2, 0.25) is 0 Å². The Morgan fingerprint density at radius 1 is 1.50 bits per heavy atom. The molecule has 92 valence electrons. The van der Waals surface area contributed by atoms with E-state index >= 15 is 0 Å². The highest BCUT2D eigenvalue weighted by molar-refractivity contribution is 4.99. The number of aliphatic hydroxyl groups excluding tert-OH is 1. The molecule has 0 amide bonds. The van der Waals surface area contributed by atoms with Crippen LogP contribution >= 0.6 is 0 Å². The van der Waals surface area contributed by atoms with E-state index in [0.29, 0.717) is 26.2 Å². The van der Waals surface area contributed by atoms with E-state index in [-0.39, 0.29) is 0 Å². The lowest BCUT2D eigenvalue weighted by Crippen LogP contribution is -2.18. The van der Waals surface area contributed by atoms with Crippen LogP contribution in [-0.4, -0.2) is 47.9 Å². The van der Waals surface area contributed by atoms with Gasteiger partial charge in [-0.05, 0) is 18.9 Å². The van der Waals surface area contributed by atoms with E-state index in [1.54, 1.807) is 13.3 Å². The van der Waals surface area contributed by atoms with Gasteiger partial charge in [0.1, 0.15) is 0 Å². The van der Waals surface area contributed by atoms with Crippen molar-refractivity contribution < 1.29 is 14.6 Å². The van der Waals surface area contributed by atoms with Crippen molar-refractivity contribution in [2.75, 3.05) is 26.9 Å². The summed E-state index contributed by atoms with van der Waals surface area (Å²) in [6, 6.07) is 1.96. The Morgan fingerprint density at radius 3 is 2.94 bits per heavy atom. The summed E-state index contributed by atoms with van der Waals surface area (Å²) in [6.07, 6.45) is 2.83. The van der Waals surface area contributed by atoms with Crippen LogP contribution in [0.3, 0.4) is 0 Å². The SMILES string of the molecule is COCCOCC(O)CCc1ccnn1C. The molecule has 0 saturated heterocycles. The molecule has 1 aromatic heterocycles. The van der Waals surface area contributed by atoms with Gasteiger partial charge in [-0.2, -0.15) is 5.10 Å². The molecule has 0 aliphatic heterocycles. The second kappa shape index (κ2) is 7.38. The summed E-state index contributed by atoms with van der Waals surface area (Å²) >= 11 is 0. The standard InChI is InChI=1S/C11H20N2O3/c1-13-10(5-6-12-13)3-4-11(14)9-16-8-7-15-2/h5-6,11,14H,3-4,7-9H2,1-2H3. The zero-order valence-electron chi connectivity index (χ0n) is 9.93. The van der Waals surface area contributed by atoms with E-state index in [9.17, 15) is 5.11 Å². The normalized spacial score (nSPS) is 12.9. The van der Waals surface area contributed by atoms with Gasteiger partial charge >= 0.3 is 0 Å². The van der Waals surface area contributed by atoms with Crippen LogP contribution in [0, 0.1) is 0 Å². The van der Waals surface area contributed by atoms with Gasteiger partial charge in [-0.3, -0.25) is 4.68 Å². The van der Waals surface area contributed by atoms with E-state index in [1.165, 1.54) is 0 Å². The Hall–Kier alpha value is -0.910. The summed E-state index contributed by atoms with van der Waals surface area (Å²) in [5.41, 5.74) is 1.12. The maximum Gasteiger partial charge on any atom is 0.0777 e. The molecule has 0 fully saturated rings. The summed E-state index contributed by atoms with van der Waals surface area (Å²) in [5, 5.41) is 13.7. The topological polar surface area (TPSA) is 56.5 Å². The highest BCUT2D eigenvalue weighted by atomic mass is 16.5. The second-order valence-corrected chi connectivity index (χ2v) is 3.71. The minimum atomic E-state index is -0.424. The largest absolute Gasteiger partial charge is 0.391 e. The first kappa shape index (κ1) is 13.2. The number of nitrogens with zero attached hydrogens (tertiary/aromatic N) is 2. The van der Waals surface area contributed by atoms with Crippen LogP contribution < -0.4 is 0 Å². The molecule has 5 nitrogen and oxygen atoms in total. The Balaban J connectivity index is 2.10. The fourth-order valence-corrected chi connectivity index (χ4v) is 1.41. The van der Waals surface area contributed by atoms with Gasteiger partial charge in [0.2, 0.25) is 0 Å². The second-order valence-electron chi connectivity index (χ2n) is 3.71. The van der Waals surface area contributed by atoms with E-state index in [2.05, 4.69) is 5.10 Å². The third kappa shape index (κ3) is 4.74. The molecule has 1 atom stereocenters.